The highest BCUT2D eigenvalue weighted by Gasteiger charge is 2.41. The lowest BCUT2D eigenvalue weighted by Gasteiger charge is -2.47. The first-order valence-electron chi connectivity index (χ1n) is 12.0. The van der Waals surface area contributed by atoms with Crippen LogP contribution in [0.1, 0.15) is 52.5 Å². The summed E-state index contributed by atoms with van der Waals surface area (Å²) in [7, 11) is 0. The van der Waals surface area contributed by atoms with Crippen LogP contribution in [-0.4, -0.2) is 25.6 Å². The molecule has 0 spiro atoms. The fraction of sp³-hybridized carbons (Fsp3) is 0.462. The second-order valence-corrected chi connectivity index (χ2v) is 10.2. The Bertz CT molecular complexity index is 1340. The number of fused-ring (bicyclic) bond motifs is 5. The van der Waals surface area contributed by atoms with Crippen molar-refractivity contribution in [1.82, 2.24) is 19.5 Å². The fourth-order valence-corrected chi connectivity index (χ4v) is 6.18. The molecular formula is C26H29F2N5. The molecule has 0 amide bonds. The summed E-state index contributed by atoms with van der Waals surface area (Å²) in [6, 6.07) is 4.91. The minimum absolute atomic E-state index is 0.223. The number of nitrogens with zero attached hydrogens (tertiary/aromatic N) is 3. The maximum Gasteiger partial charge on any atom is 0.166 e. The van der Waals surface area contributed by atoms with Crippen LogP contribution in [-0.2, 0) is 0 Å². The Labute approximate surface area is 191 Å². The molecule has 0 saturated heterocycles. The molecule has 1 aromatic carbocycles. The Hall–Kier alpha value is -2.96. The lowest BCUT2D eigenvalue weighted by Crippen LogP contribution is -2.47. The lowest BCUT2D eigenvalue weighted by molar-refractivity contribution is 0.0929. The fourth-order valence-electron chi connectivity index (χ4n) is 6.18. The van der Waals surface area contributed by atoms with Crippen molar-refractivity contribution in [3.63, 3.8) is 0 Å². The van der Waals surface area contributed by atoms with Gasteiger partial charge in [0, 0.05) is 41.5 Å². The molecule has 2 bridgehead atoms. The van der Waals surface area contributed by atoms with Gasteiger partial charge in [-0.15, -0.1) is 0 Å². The van der Waals surface area contributed by atoms with Gasteiger partial charge in [0.05, 0.1) is 10.9 Å². The molecule has 3 aliphatic rings. The molecule has 2 atom stereocenters. The van der Waals surface area contributed by atoms with E-state index in [-0.39, 0.29) is 11.6 Å². The third-order valence-electron chi connectivity index (χ3n) is 8.01. The second-order valence-electron chi connectivity index (χ2n) is 10.2. The second kappa shape index (κ2) is 7.54. The smallest absolute Gasteiger partial charge is 0.166 e. The normalized spacial score (nSPS) is 24.9. The van der Waals surface area contributed by atoms with E-state index in [1.54, 1.807) is 6.20 Å². The summed E-state index contributed by atoms with van der Waals surface area (Å²) >= 11 is 0. The number of halogens is 2. The molecule has 0 aliphatic heterocycles. The van der Waals surface area contributed by atoms with Gasteiger partial charge in [-0.05, 0) is 69.4 Å². The van der Waals surface area contributed by atoms with Gasteiger partial charge in [-0.1, -0.05) is 6.92 Å². The summed E-state index contributed by atoms with van der Waals surface area (Å²) < 4.78 is 30.5. The number of hydrogen-bond acceptors (Lipinski definition) is 3. The molecule has 3 saturated carbocycles. The number of aromatic amines is 1. The average molecular weight is 450 g/mol. The zero-order valence-corrected chi connectivity index (χ0v) is 19.2. The minimum Gasteiger partial charge on any atom is -0.366 e. The van der Waals surface area contributed by atoms with Crippen LogP contribution in [0.5, 0.6) is 0 Å². The maximum absolute atomic E-state index is 14.3. The zero-order chi connectivity index (χ0) is 22.9. The quantitative estimate of drug-likeness (QED) is 0.366. The van der Waals surface area contributed by atoms with Gasteiger partial charge in [0.25, 0.3) is 0 Å². The van der Waals surface area contributed by atoms with Gasteiger partial charge in [0.1, 0.15) is 23.1 Å². The maximum atomic E-state index is 14.3. The third kappa shape index (κ3) is 3.23. The Morgan fingerprint density at radius 1 is 1.06 bits per heavy atom. The van der Waals surface area contributed by atoms with Crippen molar-refractivity contribution in [2.24, 2.45) is 17.8 Å². The van der Waals surface area contributed by atoms with E-state index in [1.807, 2.05) is 6.20 Å². The molecule has 2 unspecified atom stereocenters. The third-order valence-corrected chi connectivity index (χ3v) is 8.01. The van der Waals surface area contributed by atoms with E-state index in [0.717, 1.165) is 28.8 Å². The van der Waals surface area contributed by atoms with Crippen LogP contribution in [0.3, 0.4) is 0 Å². The first kappa shape index (κ1) is 20.6. The molecule has 3 aliphatic carbocycles. The number of anilines is 1. The molecule has 3 aromatic heterocycles. The molecule has 3 fully saturated rings. The van der Waals surface area contributed by atoms with Gasteiger partial charge >= 0.3 is 0 Å². The van der Waals surface area contributed by atoms with Gasteiger partial charge in [-0.2, -0.15) is 0 Å². The van der Waals surface area contributed by atoms with Crippen LogP contribution in [0.15, 0.2) is 30.6 Å². The van der Waals surface area contributed by atoms with Gasteiger partial charge in [0.2, 0.25) is 0 Å². The highest BCUT2D eigenvalue weighted by molar-refractivity contribution is 5.96. The Morgan fingerprint density at radius 3 is 2.55 bits per heavy atom. The summed E-state index contributed by atoms with van der Waals surface area (Å²) in [6.07, 6.45) is 8.90. The van der Waals surface area contributed by atoms with Crippen LogP contribution >= 0.6 is 0 Å². The van der Waals surface area contributed by atoms with Crippen molar-refractivity contribution in [3.8, 4) is 11.4 Å². The van der Waals surface area contributed by atoms with E-state index < -0.39 is 11.6 Å². The Morgan fingerprint density at radius 2 is 1.82 bits per heavy atom. The van der Waals surface area contributed by atoms with Crippen LogP contribution in [0.4, 0.5) is 14.6 Å². The van der Waals surface area contributed by atoms with E-state index in [1.165, 1.54) is 31.7 Å². The van der Waals surface area contributed by atoms with Gasteiger partial charge in [-0.3, -0.25) is 0 Å². The summed E-state index contributed by atoms with van der Waals surface area (Å²) in [6.45, 7) is 6.59. The predicted octanol–water partition coefficient (Wildman–Crippen LogP) is 6.68. The summed E-state index contributed by atoms with van der Waals surface area (Å²) in [5.41, 5.74) is 1.70. The number of hydrogen-bond donors (Lipinski definition) is 2. The number of aromatic nitrogens is 4. The number of nitrogens with one attached hydrogen (secondary N) is 2. The number of rotatable bonds is 4. The van der Waals surface area contributed by atoms with Crippen molar-refractivity contribution in [1.29, 1.82) is 0 Å². The molecule has 5 nitrogen and oxygen atoms in total. The molecule has 172 valence electrons. The zero-order valence-electron chi connectivity index (χ0n) is 19.2. The van der Waals surface area contributed by atoms with Gasteiger partial charge in [-0.25, -0.2) is 18.7 Å². The van der Waals surface area contributed by atoms with Crippen LogP contribution in [0, 0.1) is 29.4 Å². The van der Waals surface area contributed by atoms with Gasteiger partial charge in [0.15, 0.2) is 5.82 Å². The lowest BCUT2D eigenvalue weighted by atomic mass is 9.62. The minimum atomic E-state index is -0.617. The van der Waals surface area contributed by atoms with Crippen molar-refractivity contribution in [3.05, 3.63) is 42.2 Å². The van der Waals surface area contributed by atoms with Crippen molar-refractivity contribution in [2.75, 3.05) is 5.32 Å². The molecule has 4 aromatic rings. The average Bonchev–Trinajstić information content (AvgIpc) is 3.41. The van der Waals surface area contributed by atoms with E-state index in [2.05, 4.69) is 41.7 Å². The number of H-pyrrole nitrogens is 1. The van der Waals surface area contributed by atoms with E-state index in [0.29, 0.717) is 34.7 Å². The van der Waals surface area contributed by atoms with Crippen LogP contribution < -0.4 is 5.32 Å². The molecule has 33 heavy (non-hydrogen) atoms. The number of benzene rings is 1. The topological polar surface area (TPSA) is 58.5 Å². The largest absolute Gasteiger partial charge is 0.366 e. The van der Waals surface area contributed by atoms with Crippen molar-refractivity contribution < 1.29 is 8.78 Å². The summed E-state index contributed by atoms with van der Waals surface area (Å²) in [5, 5.41) is 5.24. The highest BCUT2D eigenvalue weighted by Crippen LogP contribution is 2.46. The monoisotopic (exact) mass is 449 g/mol. The molecular weight excluding hydrogens is 420 g/mol. The van der Waals surface area contributed by atoms with E-state index >= 15 is 0 Å². The molecule has 2 N–H and O–H groups in total. The first-order chi connectivity index (χ1) is 15.9. The van der Waals surface area contributed by atoms with Crippen molar-refractivity contribution in [2.45, 2.75) is 58.5 Å². The van der Waals surface area contributed by atoms with Crippen LogP contribution in [0.2, 0.25) is 0 Å². The Balaban J connectivity index is 1.52. The van der Waals surface area contributed by atoms with Crippen molar-refractivity contribution >= 4 is 27.8 Å². The highest BCUT2D eigenvalue weighted by atomic mass is 19.1. The molecule has 0 radical (unpaired) electrons. The molecule has 3 heterocycles. The van der Waals surface area contributed by atoms with Crippen LogP contribution in [0.25, 0.3) is 33.3 Å². The van der Waals surface area contributed by atoms with E-state index in [9.17, 15) is 8.78 Å². The summed E-state index contributed by atoms with van der Waals surface area (Å²) in [5.74, 6) is 2.06. The molecule has 7 rings (SSSR count). The summed E-state index contributed by atoms with van der Waals surface area (Å²) in [4.78, 5) is 12.8. The Kier molecular flexibility index (Phi) is 4.71. The SMILES string of the molecule is CC1C2CCC(CC2)C1Nc1nc(-c2c[nH]c3c(F)cc(F)cc23)nc2c1ccn2C(C)C. The van der Waals surface area contributed by atoms with E-state index in [4.69, 9.17) is 9.97 Å². The molecule has 7 heteroatoms. The first-order valence-corrected chi connectivity index (χ1v) is 12.0. The standard InChI is InChI=1S/C26H29F2N5/c1-13(2)33-9-8-18-24(30-22-14(3)15-4-6-16(22)7-5-15)31-25(32-26(18)33)20-12-29-23-19(20)10-17(27)11-21(23)28/h8-16,22,29H,4-7H2,1-3H3,(H,30,31,32). The van der Waals surface area contributed by atoms with Gasteiger partial charge < -0.3 is 14.9 Å². The predicted molar refractivity (Wildman–Crippen MR) is 127 cm³/mol.